The van der Waals surface area contributed by atoms with Crippen LogP contribution in [0.2, 0.25) is 18.1 Å². The molecule has 26 heavy (non-hydrogen) atoms. The average molecular weight is 487 g/mol. The van der Waals surface area contributed by atoms with Gasteiger partial charge in [0.25, 0.3) is 0 Å². The maximum absolute atomic E-state index is 6.98. The Kier molecular flexibility index (Phi) is 6.15. The van der Waals surface area contributed by atoms with Gasteiger partial charge in [0.1, 0.15) is 5.75 Å². The summed E-state index contributed by atoms with van der Waals surface area (Å²) in [6.45, 7) is 11.9. The molecule has 0 heterocycles. The molecule has 1 aromatic rings. The fourth-order valence-electron chi connectivity index (χ4n) is 4.78. The maximum atomic E-state index is 6.98. The highest BCUT2D eigenvalue weighted by molar-refractivity contribution is 14.1. The summed E-state index contributed by atoms with van der Waals surface area (Å²) < 4.78 is 13.9. The van der Waals surface area contributed by atoms with E-state index in [1.807, 2.05) is 0 Å². The molecule has 1 aromatic carbocycles. The van der Waals surface area contributed by atoms with E-state index in [-0.39, 0.29) is 5.04 Å². The first-order valence-corrected chi connectivity index (χ1v) is 14.5. The summed E-state index contributed by atoms with van der Waals surface area (Å²) in [7, 11) is 0.0744. The lowest BCUT2D eigenvalue weighted by atomic mass is 9.74. The summed E-state index contributed by atoms with van der Waals surface area (Å²) in [5, 5.41) is 0.280. The fraction of sp³-hybridized carbons (Fsp3) is 0.727. The Labute approximate surface area is 174 Å². The van der Waals surface area contributed by atoms with E-state index < -0.39 is 8.32 Å². The number of alkyl halides is 1. The molecule has 1 fully saturated rings. The van der Waals surface area contributed by atoms with Crippen LogP contribution in [0, 0.1) is 17.8 Å². The lowest BCUT2D eigenvalue weighted by Crippen LogP contribution is -2.45. The van der Waals surface area contributed by atoms with Crippen molar-refractivity contribution in [3.05, 3.63) is 29.3 Å². The molecule has 2 aliphatic rings. The summed E-state index contributed by atoms with van der Waals surface area (Å²) in [5.41, 5.74) is 2.97. The van der Waals surface area contributed by atoms with Crippen LogP contribution in [0.5, 0.6) is 5.75 Å². The van der Waals surface area contributed by atoms with Crippen LogP contribution in [0.25, 0.3) is 0 Å². The van der Waals surface area contributed by atoms with Gasteiger partial charge in [-0.1, -0.05) is 55.5 Å². The van der Waals surface area contributed by atoms with Crippen molar-refractivity contribution in [2.75, 3.05) is 11.5 Å². The molecule has 1 saturated carbocycles. The molecule has 0 aliphatic heterocycles. The number of rotatable bonds is 5. The van der Waals surface area contributed by atoms with Gasteiger partial charge < -0.3 is 9.16 Å². The van der Waals surface area contributed by atoms with Crippen molar-refractivity contribution in [3.8, 4) is 5.75 Å². The summed E-state index contributed by atoms with van der Waals surface area (Å²) in [4.78, 5) is 0. The van der Waals surface area contributed by atoms with Gasteiger partial charge >= 0.3 is 0 Å². The molecule has 0 radical (unpaired) electrons. The number of hydrogen-bond donors (Lipinski definition) is 0. The van der Waals surface area contributed by atoms with Gasteiger partial charge in [-0.25, -0.2) is 0 Å². The molecule has 0 amide bonds. The first-order chi connectivity index (χ1) is 12.2. The van der Waals surface area contributed by atoms with Crippen molar-refractivity contribution < 1.29 is 9.16 Å². The van der Waals surface area contributed by atoms with Crippen molar-refractivity contribution >= 4 is 30.9 Å². The monoisotopic (exact) mass is 486 g/mol. The van der Waals surface area contributed by atoms with Gasteiger partial charge in [0.05, 0.1) is 7.11 Å². The van der Waals surface area contributed by atoms with Crippen LogP contribution in [0.4, 0.5) is 0 Å². The first kappa shape index (κ1) is 20.7. The van der Waals surface area contributed by atoms with E-state index in [9.17, 15) is 0 Å². The van der Waals surface area contributed by atoms with Crippen LogP contribution in [-0.4, -0.2) is 26.0 Å². The predicted octanol–water partition coefficient (Wildman–Crippen LogP) is 6.26. The first-order valence-electron chi connectivity index (χ1n) is 10.1. The third-order valence-corrected chi connectivity index (χ3v) is 12.4. The molecule has 0 spiro atoms. The summed E-state index contributed by atoms with van der Waals surface area (Å²) in [6.07, 6.45) is 5.34. The van der Waals surface area contributed by atoms with E-state index in [0.29, 0.717) is 12.0 Å². The van der Waals surface area contributed by atoms with Crippen molar-refractivity contribution in [2.24, 2.45) is 17.8 Å². The second-order valence-corrected chi connectivity index (χ2v) is 15.6. The van der Waals surface area contributed by atoms with Crippen molar-refractivity contribution in [3.63, 3.8) is 0 Å². The molecular formula is C22H35IO2Si. The van der Waals surface area contributed by atoms with E-state index in [4.69, 9.17) is 9.16 Å². The smallest absolute Gasteiger partial charge is 0.192 e. The number of fused-ring (bicyclic) bond motifs is 2. The molecule has 0 saturated heterocycles. The van der Waals surface area contributed by atoms with Crippen LogP contribution in [0.15, 0.2) is 18.2 Å². The molecule has 2 aliphatic carbocycles. The topological polar surface area (TPSA) is 18.5 Å². The minimum absolute atomic E-state index is 0.280. The number of benzene rings is 1. The molecule has 3 rings (SSSR count). The van der Waals surface area contributed by atoms with Crippen molar-refractivity contribution in [2.45, 2.75) is 70.7 Å². The zero-order chi connectivity index (χ0) is 19.1. The van der Waals surface area contributed by atoms with Crippen molar-refractivity contribution in [1.29, 1.82) is 0 Å². The average Bonchev–Trinajstić information content (AvgIpc) is 2.87. The highest BCUT2D eigenvalue weighted by Gasteiger charge is 2.49. The summed E-state index contributed by atoms with van der Waals surface area (Å²) in [6, 6.07) is 6.60. The summed E-state index contributed by atoms with van der Waals surface area (Å²) >= 11 is 2.55. The Bertz CT molecular complexity index is 638. The standard InChI is InChI=1S/C22H35IO2Si/c1-22(2,3)26(5,6)25-21-14-16-13-19-15(8-7-9-20(19)24-4)12-18(16)17(21)10-11-23/h7-9,16-18,21H,10-14H2,1-6H3/t16-,17+,18-,21+/m0/s1. The van der Waals surface area contributed by atoms with Crippen LogP contribution in [0.3, 0.4) is 0 Å². The van der Waals surface area contributed by atoms with Crippen LogP contribution < -0.4 is 4.74 Å². The van der Waals surface area contributed by atoms with Crippen LogP contribution in [0.1, 0.15) is 44.7 Å². The Morgan fingerprint density at radius 1 is 1.19 bits per heavy atom. The second-order valence-electron chi connectivity index (χ2n) is 9.72. The van der Waals surface area contributed by atoms with Gasteiger partial charge in [0.2, 0.25) is 0 Å². The van der Waals surface area contributed by atoms with E-state index in [1.165, 1.54) is 41.2 Å². The SMILES string of the molecule is COc1cccc2c1C[C@H]1C[C@@H](O[Si](C)(C)C(C)(C)C)[C@H](CCI)[C@H]1C2. The highest BCUT2D eigenvalue weighted by atomic mass is 127. The van der Waals surface area contributed by atoms with Crippen LogP contribution >= 0.6 is 22.6 Å². The Hall–Kier alpha value is -0.0731. The minimum atomic E-state index is -1.73. The third-order valence-electron chi connectivity index (χ3n) is 7.23. The Morgan fingerprint density at radius 2 is 1.92 bits per heavy atom. The highest BCUT2D eigenvalue weighted by Crippen LogP contribution is 2.51. The number of hydrogen-bond acceptors (Lipinski definition) is 2. The van der Waals surface area contributed by atoms with Gasteiger partial charge in [-0.15, -0.1) is 0 Å². The molecule has 0 N–H and O–H groups in total. The Morgan fingerprint density at radius 3 is 2.54 bits per heavy atom. The van der Waals surface area contributed by atoms with E-state index in [1.54, 1.807) is 7.11 Å². The predicted molar refractivity (Wildman–Crippen MR) is 121 cm³/mol. The molecule has 2 nitrogen and oxygen atoms in total. The summed E-state index contributed by atoms with van der Waals surface area (Å²) in [5.74, 6) is 3.33. The van der Waals surface area contributed by atoms with Gasteiger partial charge in [-0.05, 0) is 83.2 Å². The zero-order valence-electron chi connectivity index (χ0n) is 17.3. The molecule has 146 valence electrons. The van der Waals surface area contributed by atoms with Gasteiger partial charge in [-0.3, -0.25) is 0 Å². The Balaban J connectivity index is 1.85. The molecular weight excluding hydrogens is 451 g/mol. The molecule has 0 bridgehead atoms. The number of halogens is 1. The van der Waals surface area contributed by atoms with Gasteiger partial charge in [0, 0.05) is 6.10 Å². The molecule has 4 atom stereocenters. The quantitative estimate of drug-likeness (QED) is 0.278. The lowest BCUT2D eigenvalue weighted by Gasteiger charge is -2.40. The van der Waals surface area contributed by atoms with Gasteiger partial charge in [0.15, 0.2) is 8.32 Å². The minimum Gasteiger partial charge on any atom is -0.496 e. The maximum Gasteiger partial charge on any atom is 0.192 e. The van der Waals surface area contributed by atoms with Crippen LogP contribution in [-0.2, 0) is 17.3 Å². The second kappa shape index (κ2) is 7.74. The van der Waals surface area contributed by atoms with Gasteiger partial charge in [-0.2, -0.15) is 0 Å². The molecule has 4 heteroatoms. The molecule has 0 aromatic heterocycles. The fourth-order valence-corrected chi connectivity index (χ4v) is 6.88. The number of methoxy groups -OCH3 is 1. The van der Waals surface area contributed by atoms with E-state index in [0.717, 1.165) is 17.6 Å². The molecule has 0 unspecified atom stereocenters. The largest absolute Gasteiger partial charge is 0.496 e. The normalized spacial score (nSPS) is 28.6. The van der Waals surface area contributed by atoms with Crippen molar-refractivity contribution in [1.82, 2.24) is 0 Å². The third kappa shape index (κ3) is 3.88. The number of ether oxygens (including phenoxy) is 1. The zero-order valence-corrected chi connectivity index (χ0v) is 20.4. The van der Waals surface area contributed by atoms with E-state index >= 15 is 0 Å². The lowest BCUT2D eigenvalue weighted by molar-refractivity contribution is 0.123. The van der Waals surface area contributed by atoms with E-state index in [2.05, 4.69) is 74.7 Å².